The molecule has 0 aliphatic carbocycles. The number of piperidine rings is 1. The zero-order valence-corrected chi connectivity index (χ0v) is 17.1. The molecule has 2 N–H and O–H groups in total. The van der Waals surface area contributed by atoms with Crippen molar-refractivity contribution in [3.63, 3.8) is 0 Å². The SMILES string of the molecule is CN=C(NCC1CCN(CC(F)(F)F)C1)NC1CCN(Cc2ccccc2)CC1. The molecule has 2 heterocycles. The van der Waals surface area contributed by atoms with Crippen molar-refractivity contribution in [2.24, 2.45) is 10.9 Å². The van der Waals surface area contributed by atoms with E-state index in [0.29, 0.717) is 25.7 Å². The van der Waals surface area contributed by atoms with E-state index < -0.39 is 12.7 Å². The Labute approximate surface area is 171 Å². The Morgan fingerprint density at radius 2 is 1.76 bits per heavy atom. The number of hydrogen-bond acceptors (Lipinski definition) is 3. The molecule has 3 rings (SSSR count). The summed E-state index contributed by atoms with van der Waals surface area (Å²) in [5, 5.41) is 6.79. The zero-order chi connectivity index (χ0) is 20.7. The fourth-order valence-electron chi connectivity index (χ4n) is 4.18. The van der Waals surface area contributed by atoms with E-state index in [2.05, 4.69) is 44.8 Å². The molecule has 0 amide bonds. The van der Waals surface area contributed by atoms with Crippen molar-refractivity contribution in [1.29, 1.82) is 0 Å². The number of nitrogens with zero attached hydrogens (tertiary/aromatic N) is 3. The van der Waals surface area contributed by atoms with Crippen LogP contribution in [0, 0.1) is 5.92 Å². The molecule has 1 aromatic rings. The quantitative estimate of drug-likeness (QED) is 0.558. The lowest BCUT2D eigenvalue weighted by Gasteiger charge is -2.33. The molecular formula is C21H32F3N5. The number of likely N-dealkylation sites (tertiary alicyclic amines) is 2. The van der Waals surface area contributed by atoms with Gasteiger partial charge in [-0.1, -0.05) is 30.3 Å². The smallest absolute Gasteiger partial charge is 0.356 e. The van der Waals surface area contributed by atoms with Gasteiger partial charge in [-0.3, -0.25) is 14.8 Å². The van der Waals surface area contributed by atoms with Crippen LogP contribution in [0.2, 0.25) is 0 Å². The summed E-state index contributed by atoms with van der Waals surface area (Å²) in [6, 6.07) is 10.9. The summed E-state index contributed by atoms with van der Waals surface area (Å²) in [5.41, 5.74) is 1.34. The van der Waals surface area contributed by atoms with Gasteiger partial charge in [-0.15, -0.1) is 0 Å². The van der Waals surface area contributed by atoms with Crippen LogP contribution in [-0.2, 0) is 6.54 Å². The van der Waals surface area contributed by atoms with Gasteiger partial charge in [0, 0.05) is 45.8 Å². The van der Waals surface area contributed by atoms with Crippen LogP contribution >= 0.6 is 0 Å². The highest BCUT2D eigenvalue weighted by Gasteiger charge is 2.34. The lowest BCUT2D eigenvalue weighted by Crippen LogP contribution is -2.49. The first kappa shape index (κ1) is 21.9. The molecule has 29 heavy (non-hydrogen) atoms. The summed E-state index contributed by atoms with van der Waals surface area (Å²) >= 11 is 0. The van der Waals surface area contributed by atoms with Crippen molar-refractivity contribution in [2.75, 3.05) is 46.3 Å². The average molecular weight is 412 g/mol. The van der Waals surface area contributed by atoms with Gasteiger partial charge in [0.15, 0.2) is 5.96 Å². The zero-order valence-electron chi connectivity index (χ0n) is 17.1. The fraction of sp³-hybridized carbons (Fsp3) is 0.667. The van der Waals surface area contributed by atoms with Crippen molar-refractivity contribution in [2.45, 2.75) is 38.0 Å². The van der Waals surface area contributed by atoms with Gasteiger partial charge in [0.05, 0.1) is 6.54 Å². The maximum absolute atomic E-state index is 12.5. The van der Waals surface area contributed by atoms with Gasteiger partial charge < -0.3 is 10.6 Å². The van der Waals surface area contributed by atoms with E-state index in [-0.39, 0.29) is 5.92 Å². The predicted octanol–water partition coefficient (Wildman–Crippen LogP) is 2.70. The van der Waals surface area contributed by atoms with Crippen molar-refractivity contribution < 1.29 is 13.2 Å². The molecule has 2 aliphatic rings. The lowest BCUT2D eigenvalue weighted by molar-refractivity contribution is -0.143. The van der Waals surface area contributed by atoms with E-state index in [1.165, 1.54) is 10.5 Å². The minimum Gasteiger partial charge on any atom is -0.356 e. The van der Waals surface area contributed by atoms with Crippen LogP contribution in [0.1, 0.15) is 24.8 Å². The van der Waals surface area contributed by atoms with Gasteiger partial charge in [-0.05, 0) is 37.3 Å². The van der Waals surface area contributed by atoms with Crippen LogP contribution < -0.4 is 10.6 Å². The highest BCUT2D eigenvalue weighted by Crippen LogP contribution is 2.22. The third-order valence-corrected chi connectivity index (χ3v) is 5.73. The molecule has 1 unspecified atom stereocenters. The van der Waals surface area contributed by atoms with Gasteiger partial charge in [0.1, 0.15) is 0 Å². The highest BCUT2D eigenvalue weighted by atomic mass is 19.4. The lowest BCUT2D eigenvalue weighted by atomic mass is 10.0. The first-order valence-electron chi connectivity index (χ1n) is 10.4. The Kier molecular flexibility index (Phi) is 7.77. The third-order valence-electron chi connectivity index (χ3n) is 5.73. The summed E-state index contributed by atoms with van der Waals surface area (Å²) < 4.78 is 37.6. The van der Waals surface area contributed by atoms with E-state index in [4.69, 9.17) is 0 Å². The number of aliphatic imine (C=N–C) groups is 1. The molecule has 2 saturated heterocycles. The number of rotatable bonds is 6. The van der Waals surface area contributed by atoms with Gasteiger partial charge >= 0.3 is 6.18 Å². The molecule has 2 aliphatic heterocycles. The highest BCUT2D eigenvalue weighted by molar-refractivity contribution is 5.79. The Morgan fingerprint density at radius 3 is 2.41 bits per heavy atom. The maximum Gasteiger partial charge on any atom is 0.401 e. The number of alkyl halides is 3. The fourth-order valence-corrected chi connectivity index (χ4v) is 4.18. The van der Waals surface area contributed by atoms with Gasteiger partial charge in [-0.25, -0.2) is 0 Å². The van der Waals surface area contributed by atoms with Gasteiger partial charge in [0.2, 0.25) is 0 Å². The number of benzene rings is 1. The standard InChI is InChI=1S/C21H32F3N5/c1-25-20(26-13-18-7-10-29(15-18)16-21(22,23)24)27-19-8-11-28(12-9-19)14-17-5-3-2-4-6-17/h2-6,18-19H,7-16H2,1H3,(H2,25,26,27). The van der Waals surface area contributed by atoms with Crippen LogP contribution in [0.25, 0.3) is 0 Å². The monoisotopic (exact) mass is 411 g/mol. The molecule has 0 saturated carbocycles. The molecule has 5 nitrogen and oxygen atoms in total. The predicted molar refractivity (Wildman–Crippen MR) is 110 cm³/mol. The van der Waals surface area contributed by atoms with Crippen LogP contribution in [0.3, 0.4) is 0 Å². The summed E-state index contributed by atoms with van der Waals surface area (Å²) in [5.74, 6) is 0.976. The topological polar surface area (TPSA) is 42.9 Å². The van der Waals surface area contributed by atoms with Crippen molar-refractivity contribution in [3.8, 4) is 0 Å². The first-order valence-corrected chi connectivity index (χ1v) is 10.4. The van der Waals surface area contributed by atoms with Crippen molar-refractivity contribution in [1.82, 2.24) is 20.4 Å². The summed E-state index contributed by atoms with van der Waals surface area (Å²) in [4.78, 5) is 8.26. The van der Waals surface area contributed by atoms with Crippen LogP contribution in [0.4, 0.5) is 13.2 Å². The second kappa shape index (κ2) is 10.3. The third kappa shape index (κ3) is 7.51. The Morgan fingerprint density at radius 1 is 1.07 bits per heavy atom. The molecule has 0 bridgehead atoms. The van der Waals surface area contributed by atoms with E-state index in [0.717, 1.165) is 44.9 Å². The molecular weight excluding hydrogens is 379 g/mol. The van der Waals surface area contributed by atoms with Gasteiger partial charge in [0.25, 0.3) is 0 Å². The molecule has 2 fully saturated rings. The first-order chi connectivity index (χ1) is 13.9. The Hall–Kier alpha value is -1.80. The number of guanidine groups is 1. The second-order valence-corrected chi connectivity index (χ2v) is 8.14. The molecule has 8 heteroatoms. The van der Waals surface area contributed by atoms with Crippen LogP contribution in [0.15, 0.2) is 35.3 Å². The summed E-state index contributed by atoms with van der Waals surface area (Å²) in [7, 11) is 1.74. The largest absolute Gasteiger partial charge is 0.401 e. The number of hydrogen-bond donors (Lipinski definition) is 2. The summed E-state index contributed by atoms with van der Waals surface area (Å²) in [6.07, 6.45) is -1.22. The van der Waals surface area contributed by atoms with Gasteiger partial charge in [-0.2, -0.15) is 13.2 Å². The Bertz CT molecular complexity index is 641. The van der Waals surface area contributed by atoms with E-state index in [9.17, 15) is 13.2 Å². The van der Waals surface area contributed by atoms with Crippen LogP contribution in [0.5, 0.6) is 0 Å². The van der Waals surface area contributed by atoms with Crippen molar-refractivity contribution in [3.05, 3.63) is 35.9 Å². The van der Waals surface area contributed by atoms with Crippen LogP contribution in [-0.4, -0.2) is 74.3 Å². The van der Waals surface area contributed by atoms with Crippen molar-refractivity contribution >= 4 is 5.96 Å². The van der Waals surface area contributed by atoms with E-state index in [1.807, 2.05) is 6.07 Å². The number of nitrogens with one attached hydrogen (secondary N) is 2. The minimum absolute atomic E-state index is 0.226. The molecule has 162 valence electrons. The normalized spacial score (nSPS) is 22.8. The van der Waals surface area contributed by atoms with E-state index in [1.54, 1.807) is 7.05 Å². The molecule has 0 spiro atoms. The number of halogens is 3. The second-order valence-electron chi connectivity index (χ2n) is 8.14. The molecule has 1 aromatic carbocycles. The Balaban J connectivity index is 1.35. The van der Waals surface area contributed by atoms with E-state index >= 15 is 0 Å². The molecule has 0 radical (unpaired) electrons. The minimum atomic E-state index is -4.12. The molecule has 0 aromatic heterocycles. The average Bonchev–Trinajstić information content (AvgIpc) is 3.12. The molecule has 1 atom stereocenters. The summed E-state index contributed by atoms with van der Waals surface area (Å²) in [6.45, 7) is 3.91. The maximum atomic E-state index is 12.5.